The molecular weight excluding hydrogens is 330 g/mol. The van der Waals surface area contributed by atoms with Gasteiger partial charge in [-0.2, -0.15) is 10.2 Å². The molecule has 1 aromatic carbocycles. The molecule has 1 aromatic heterocycles. The molecule has 5 N–H and O–H groups in total. The van der Waals surface area contributed by atoms with Crippen molar-refractivity contribution >= 4 is 23.4 Å². The Hall–Kier alpha value is -3.18. The van der Waals surface area contributed by atoms with Crippen molar-refractivity contribution in [3.05, 3.63) is 41.6 Å². The van der Waals surface area contributed by atoms with Gasteiger partial charge in [0.05, 0.1) is 11.6 Å². The highest BCUT2D eigenvalue weighted by Gasteiger charge is 2.14. The molecule has 0 aliphatic rings. The van der Waals surface area contributed by atoms with E-state index in [9.17, 15) is 4.79 Å². The first-order valence-corrected chi connectivity index (χ1v) is 8.54. The fourth-order valence-corrected chi connectivity index (χ4v) is 2.14. The number of nitrogens with one attached hydrogen (secondary N) is 3. The van der Waals surface area contributed by atoms with Crippen LogP contribution in [0.1, 0.15) is 35.7 Å². The van der Waals surface area contributed by atoms with Crippen LogP contribution in [0.25, 0.3) is 0 Å². The van der Waals surface area contributed by atoms with Crippen LogP contribution in [0.3, 0.4) is 0 Å². The highest BCUT2D eigenvalue weighted by Crippen LogP contribution is 2.18. The van der Waals surface area contributed by atoms with Crippen molar-refractivity contribution < 1.29 is 4.79 Å². The quantitative estimate of drug-likeness (QED) is 0.507. The molecular formula is C18H23N7O. The lowest BCUT2D eigenvalue weighted by atomic mass is 10.2. The van der Waals surface area contributed by atoms with Crippen molar-refractivity contribution in [1.82, 2.24) is 15.3 Å². The number of hydrogen-bond acceptors (Lipinski definition) is 7. The summed E-state index contributed by atoms with van der Waals surface area (Å²) in [6.07, 6.45) is 3.11. The van der Waals surface area contributed by atoms with Crippen molar-refractivity contribution in [2.24, 2.45) is 5.73 Å². The molecule has 0 bridgehead atoms. The highest BCUT2D eigenvalue weighted by atomic mass is 16.1. The van der Waals surface area contributed by atoms with E-state index in [0.29, 0.717) is 48.9 Å². The SMILES string of the molecule is CCCNc1nc(Nc2ccc(C#N)cc2)ncc1C(=O)NCCCN. The summed E-state index contributed by atoms with van der Waals surface area (Å²) in [5.74, 6) is 0.608. The largest absolute Gasteiger partial charge is 0.369 e. The Bertz CT molecular complexity index is 768. The van der Waals surface area contributed by atoms with Crippen LogP contribution >= 0.6 is 0 Å². The summed E-state index contributed by atoms with van der Waals surface area (Å²) in [5, 5.41) is 17.9. The van der Waals surface area contributed by atoms with E-state index < -0.39 is 0 Å². The zero-order valence-electron chi connectivity index (χ0n) is 14.7. The van der Waals surface area contributed by atoms with E-state index in [1.807, 2.05) is 6.92 Å². The number of anilines is 3. The average molecular weight is 353 g/mol. The van der Waals surface area contributed by atoms with Gasteiger partial charge in [0.25, 0.3) is 5.91 Å². The van der Waals surface area contributed by atoms with Crippen LogP contribution in [-0.2, 0) is 0 Å². The number of nitrogens with two attached hydrogens (primary N) is 1. The Morgan fingerprint density at radius 1 is 1.27 bits per heavy atom. The van der Waals surface area contributed by atoms with Gasteiger partial charge in [-0.05, 0) is 43.7 Å². The Morgan fingerprint density at radius 3 is 2.69 bits per heavy atom. The summed E-state index contributed by atoms with van der Waals surface area (Å²) < 4.78 is 0. The molecule has 8 heteroatoms. The lowest BCUT2D eigenvalue weighted by Crippen LogP contribution is -2.27. The third kappa shape index (κ3) is 5.43. The summed E-state index contributed by atoms with van der Waals surface area (Å²) in [6, 6.07) is 9.03. The number of nitriles is 1. The number of carbonyl (C=O) groups is 1. The van der Waals surface area contributed by atoms with Gasteiger partial charge >= 0.3 is 0 Å². The fraction of sp³-hybridized carbons (Fsp3) is 0.333. The minimum atomic E-state index is -0.234. The lowest BCUT2D eigenvalue weighted by molar-refractivity contribution is 0.0953. The molecule has 2 rings (SSSR count). The van der Waals surface area contributed by atoms with E-state index in [1.54, 1.807) is 24.3 Å². The molecule has 0 spiro atoms. The molecule has 0 saturated heterocycles. The van der Waals surface area contributed by atoms with Gasteiger partial charge in [0, 0.05) is 25.0 Å². The Morgan fingerprint density at radius 2 is 2.04 bits per heavy atom. The predicted octanol–water partition coefficient (Wildman–Crippen LogP) is 1.99. The Balaban J connectivity index is 2.17. The van der Waals surface area contributed by atoms with Crippen molar-refractivity contribution in [2.45, 2.75) is 19.8 Å². The second-order valence-electron chi connectivity index (χ2n) is 5.59. The van der Waals surface area contributed by atoms with E-state index >= 15 is 0 Å². The summed E-state index contributed by atoms with van der Waals surface area (Å²) >= 11 is 0. The molecule has 0 unspecified atom stereocenters. The highest BCUT2D eigenvalue weighted by molar-refractivity contribution is 5.98. The van der Waals surface area contributed by atoms with E-state index in [-0.39, 0.29) is 5.91 Å². The Kier molecular flexibility index (Phi) is 7.33. The smallest absolute Gasteiger partial charge is 0.256 e. The number of aromatic nitrogens is 2. The molecule has 0 atom stereocenters. The molecule has 136 valence electrons. The average Bonchev–Trinajstić information content (AvgIpc) is 2.67. The van der Waals surface area contributed by atoms with Crippen molar-refractivity contribution in [3.8, 4) is 6.07 Å². The Labute approximate surface area is 152 Å². The minimum Gasteiger partial charge on any atom is -0.369 e. The van der Waals surface area contributed by atoms with Crippen LogP contribution in [0.4, 0.5) is 17.5 Å². The summed E-state index contributed by atoms with van der Waals surface area (Å²) in [5.41, 5.74) is 7.17. The van der Waals surface area contributed by atoms with Gasteiger partial charge in [-0.1, -0.05) is 6.92 Å². The van der Waals surface area contributed by atoms with Gasteiger partial charge in [-0.15, -0.1) is 0 Å². The normalized spacial score (nSPS) is 10.0. The van der Waals surface area contributed by atoms with Crippen molar-refractivity contribution in [2.75, 3.05) is 30.3 Å². The van der Waals surface area contributed by atoms with Gasteiger partial charge in [-0.25, -0.2) is 4.98 Å². The standard InChI is InChI=1S/C18H23N7O/c1-2-9-21-16-15(17(26)22-10-3-8-19)12-23-18(25-16)24-14-6-4-13(11-20)5-7-14/h4-7,12H,2-3,8-10,19H2,1H3,(H,22,26)(H2,21,23,24,25). The molecule has 0 saturated carbocycles. The molecule has 26 heavy (non-hydrogen) atoms. The van der Waals surface area contributed by atoms with Gasteiger partial charge in [0.1, 0.15) is 11.4 Å². The second-order valence-corrected chi connectivity index (χ2v) is 5.59. The molecule has 0 aliphatic carbocycles. The van der Waals surface area contributed by atoms with E-state index in [1.165, 1.54) is 6.20 Å². The fourth-order valence-electron chi connectivity index (χ4n) is 2.14. The molecule has 2 aromatic rings. The van der Waals surface area contributed by atoms with Crippen LogP contribution in [0.15, 0.2) is 30.5 Å². The molecule has 0 fully saturated rings. The molecule has 1 amide bonds. The predicted molar refractivity (Wildman–Crippen MR) is 101 cm³/mol. The van der Waals surface area contributed by atoms with Crippen LogP contribution < -0.4 is 21.7 Å². The first-order valence-electron chi connectivity index (χ1n) is 8.54. The number of rotatable bonds is 9. The number of nitrogens with zero attached hydrogens (tertiary/aromatic N) is 3. The van der Waals surface area contributed by atoms with Gasteiger partial charge in [0.2, 0.25) is 5.95 Å². The number of benzene rings is 1. The van der Waals surface area contributed by atoms with E-state index in [4.69, 9.17) is 11.0 Å². The van der Waals surface area contributed by atoms with Gasteiger partial charge in [-0.3, -0.25) is 4.79 Å². The maximum absolute atomic E-state index is 12.3. The minimum absolute atomic E-state index is 0.234. The monoisotopic (exact) mass is 353 g/mol. The molecule has 0 aliphatic heterocycles. The number of hydrogen-bond donors (Lipinski definition) is 4. The zero-order valence-corrected chi connectivity index (χ0v) is 14.7. The summed E-state index contributed by atoms with van der Waals surface area (Å²) in [7, 11) is 0. The lowest BCUT2D eigenvalue weighted by Gasteiger charge is -2.12. The number of amides is 1. The van der Waals surface area contributed by atoms with Gasteiger partial charge in [0.15, 0.2) is 0 Å². The molecule has 8 nitrogen and oxygen atoms in total. The van der Waals surface area contributed by atoms with Crippen molar-refractivity contribution in [3.63, 3.8) is 0 Å². The topological polar surface area (TPSA) is 129 Å². The summed E-state index contributed by atoms with van der Waals surface area (Å²) in [4.78, 5) is 21.0. The van der Waals surface area contributed by atoms with Crippen LogP contribution in [0, 0.1) is 11.3 Å². The first-order chi connectivity index (χ1) is 12.7. The third-order valence-electron chi connectivity index (χ3n) is 3.51. The second kappa shape index (κ2) is 9.96. The zero-order chi connectivity index (χ0) is 18.8. The van der Waals surface area contributed by atoms with E-state index in [0.717, 1.165) is 12.1 Å². The summed E-state index contributed by atoms with van der Waals surface area (Å²) in [6.45, 7) is 3.75. The van der Waals surface area contributed by atoms with Crippen LogP contribution in [0.2, 0.25) is 0 Å². The van der Waals surface area contributed by atoms with Crippen LogP contribution in [0.5, 0.6) is 0 Å². The van der Waals surface area contributed by atoms with E-state index in [2.05, 4.69) is 32.0 Å². The van der Waals surface area contributed by atoms with Gasteiger partial charge < -0.3 is 21.7 Å². The molecule has 0 radical (unpaired) electrons. The number of carbonyl (C=O) groups excluding carboxylic acids is 1. The molecule has 1 heterocycles. The maximum Gasteiger partial charge on any atom is 0.256 e. The van der Waals surface area contributed by atoms with Crippen LogP contribution in [-0.4, -0.2) is 35.5 Å². The maximum atomic E-state index is 12.3. The van der Waals surface area contributed by atoms with Crippen molar-refractivity contribution in [1.29, 1.82) is 5.26 Å². The first kappa shape index (κ1) is 19.1. The third-order valence-corrected chi connectivity index (χ3v) is 3.51.